The number of aliphatic imine (C=N–C) groups is 1. The first-order valence-electron chi connectivity index (χ1n) is 7.13. The summed E-state index contributed by atoms with van der Waals surface area (Å²) in [6.45, 7) is 5.38. The van der Waals surface area contributed by atoms with Gasteiger partial charge >= 0.3 is 0 Å². The summed E-state index contributed by atoms with van der Waals surface area (Å²) in [6, 6.07) is 8.21. The molecule has 0 spiro atoms. The van der Waals surface area contributed by atoms with E-state index in [-0.39, 0.29) is 6.10 Å². The molecule has 5 nitrogen and oxygen atoms in total. The minimum atomic E-state index is 0.135. The molecule has 1 aliphatic heterocycles. The number of ether oxygens (including phenoxy) is 1. The molecule has 5 heteroatoms. The molecule has 0 radical (unpaired) electrons. The Morgan fingerprint density at radius 2 is 2.40 bits per heavy atom. The quantitative estimate of drug-likeness (QED) is 0.643. The van der Waals surface area contributed by atoms with Crippen LogP contribution in [0.15, 0.2) is 29.3 Å². The van der Waals surface area contributed by atoms with Gasteiger partial charge in [-0.15, -0.1) is 0 Å². The lowest BCUT2D eigenvalue weighted by atomic mass is 10.1. The zero-order chi connectivity index (χ0) is 14.4. The van der Waals surface area contributed by atoms with E-state index in [4.69, 9.17) is 10.5 Å². The first-order valence-corrected chi connectivity index (χ1v) is 7.13. The molecule has 1 atom stereocenters. The number of morpholine rings is 1. The summed E-state index contributed by atoms with van der Waals surface area (Å²) in [7, 11) is 2.09. The summed E-state index contributed by atoms with van der Waals surface area (Å²) < 4.78 is 5.65. The van der Waals surface area contributed by atoms with Crippen LogP contribution in [0.2, 0.25) is 0 Å². The Bertz CT molecular complexity index is 461. The number of nitrogens with one attached hydrogen (secondary N) is 1. The summed E-state index contributed by atoms with van der Waals surface area (Å²) in [6.07, 6.45) is 1.14. The number of nitrogens with two attached hydrogens (primary N) is 1. The fourth-order valence-corrected chi connectivity index (χ4v) is 2.23. The third kappa shape index (κ3) is 4.51. The number of hydrogen-bond acceptors (Lipinski definition) is 3. The maximum Gasteiger partial charge on any atom is 0.193 e. The highest BCUT2D eigenvalue weighted by atomic mass is 16.5. The third-order valence-corrected chi connectivity index (χ3v) is 3.41. The zero-order valence-corrected chi connectivity index (χ0v) is 12.3. The van der Waals surface area contributed by atoms with Gasteiger partial charge in [0.2, 0.25) is 0 Å². The number of benzene rings is 1. The van der Waals surface area contributed by atoms with Crippen molar-refractivity contribution in [3.63, 3.8) is 0 Å². The van der Waals surface area contributed by atoms with Gasteiger partial charge in [0.05, 0.1) is 19.3 Å². The van der Waals surface area contributed by atoms with Crippen molar-refractivity contribution in [2.24, 2.45) is 10.7 Å². The normalized spacial score (nSPS) is 20.9. The van der Waals surface area contributed by atoms with Gasteiger partial charge in [0.25, 0.3) is 0 Å². The Hall–Kier alpha value is -1.59. The van der Waals surface area contributed by atoms with E-state index in [1.807, 2.05) is 12.1 Å². The van der Waals surface area contributed by atoms with E-state index in [9.17, 15) is 0 Å². The van der Waals surface area contributed by atoms with Crippen LogP contribution in [0.4, 0.5) is 5.69 Å². The summed E-state index contributed by atoms with van der Waals surface area (Å²) in [5.74, 6) is 0.440. The van der Waals surface area contributed by atoms with Crippen LogP contribution in [0, 0.1) is 0 Å². The van der Waals surface area contributed by atoms with Gasteiger partial charge < -0.3 is 20.7 Å². The third-order valence-electron chi connectivity index (χ3n) is 3.41. The fourth-order valence-electron chi connectivity index (χ4n) is 2.23. The van der Waals surface area contributed by atoms with Crippen LogP contribution in [0.25, 0.3) is 0 Å². The molecule has 1 fully saturated rings. The molecule has 0 bridgehead atoms. The highest BCUT2D eigenvalue weighted by Gasteiger charge is 2.16. The van der Waals surface area contributed by atoms with Gasteiger partial charge in [0.1, 0.15) is 0 Å². The summed E-state index contributed by atoms with van der Waals surface area (Å²) in [5.41, 5.74) is 8.18. The van der Waals surface area contributed by atoms with Crippen LogP contribution < -0.4 is 11.1 Å². The molecule has 110 valence electrons. The van der Waals surface area contributed by atoms with E-state index in [0.29, 0.717) is 12.5 Å². The smallest absolute Gasteiger partial charge is 0.193 e. The average molecular weight is 276 g/mol. The topological polar surface area (TPSA) is 62.9 Å². The van der Waals surface area contributed by atoms with Crippen molar-refractivity contribution >= 4 is 11.6 Å². The summed E-state index contributed by atoms with van der Waals surface area (Å²) in [5, 5.41) is 3.13. The number of guanidine groups is 1. The van der Waals surface area contributed by atoms with Gasteiger partial charge in [0, 0.05) is 18.8 Å². The molecule has 1 saturated heterocycles. The van der Waals surface area contributed by atoms with Crippen LogP contribution in [-0.4, -0.2) is 50.3 Å². The highest BCUT2D eigenvalue weighted by Crippen LogP contribution is 2.10. The molecule has 1 aliphatic rings. The largest absolute Gasteiger partial charge is 0.374 e. The molecule has 1 unspecified atom stereocenters. The predicted molar refractivity (Wildman–Crippen MR) is 83.2 cm³/mol. The minimum absolute atomic E-state index is 0.135. The lowest BCUT2D eigenvalue weighted by Crippen LogP contribution is -2.41. The second kappa shape index (κ2) is 7.26. The van der Waals surface area contributed by atoms with Crippen molar-refractivity contribution < 1.29 is 4.74 Å². The van der Waals surface area contributed by atoms with Crippen LogP contribution in [0.1, 0.15) is 12.5 Å². The van der Waals surface area contributed by atoms with Crippen LogP contribution in [-0.2, 0) is 11.2 Å². The lowest BCUT2D eigenvalue weighted by molar-refractivity contribution is -0.0136. The molecule has 1 aromatic carbocycles. The van der Waals surface area contributed by atoms with E-state index in [0.717, 1.165) is 31.8 Å². The first kappa shape index (κ1) is 14.8. The van der Waals surface area contributed by atoms with E-state index < -0.39 is 0 Å². The van der Waals surface area contributed by atoms with Crippen molar-refractivity contribution in [2.75, 3.05) is 38.6 Å². The van der Waals surface area contributed by atoms with Crippen molar-refractivity contribution in [1.29, 1.82) is 0 Å². The molecule has 0 aromatic heterocycles. The van der Waals surface area contributed by atoms with E-state index in [1.54, 1.807) is 0 Å². The second-order valence-corrected chi connectivity index (χ2v) is 5.16. The fraction of sp³-hybridized carbons (Fsp3) is 0.533. The van der Waals surface area contributed by atoms with Gasteiger partial charge in [-0.05, 0) is 31.2 Å². The van der Waals surface area contributed by atoms with Crippen LogP contribution in [0.5, 0.6) is 0 Å². The SMILES string of the molecule is CCc1cccc(NC(N)=NCC2CN(C)CCO2)c1. The minimum Gasteiger partial charge on any atom is -0.374 e. The lowest BCUT2D eigenvalue weighted by Gasteiger charge is -2.29. The van der Waals surface area contributed by atoms with Crippen molar-refractivity contribution in [3.8, 4) is 0 Å². The Morgan fingerprint density at radius 1 is 1.55 bits per heavy atom. The van der Waals surface area contributed by atoms with E-state index >= 15 is 0 Å². The predicted octanol–water partition coefficient (Wildman–Crippen LogP) is 1.31. The van der Waals surface area contributed by atoms with Crippen LogP contribution in [0.3, 0.4) is 0 Å². The number of hydrogen-bond donors (Lipinski definition) is 2. The van der Waals surface area contributed by atoms with Gasteiger partial charge in [-0.2, -0.15) is 0 Å². The molecule has 20 heavy (non-hydrogen) atoms. The van der Waals surface area contributed by atoms with Crippen LogP contribution >= 0.6 is 0 Å². The van der Waals surface area contributed by atoms with E-state index in [2.05, 4.69) is 41.3 Å². The molecule has 1 aromatic rings. The number of aryl methyl sites for hydroxylation is 1. The van der Waals surface area contributed by atoms with Gasteiger partial charge in [0.15, 0.2) is 5.96 Å². The highest BCUT2D eigenvalue weighted by molar-refractivity contribution is 5.92. The summed E-state index contributed by atoms with van der Waals surface area (Å²) in [4.78, 5) is 6.61. The Kier molecular flexibility index (Phi) is 5.38. The molecule has 3 N–H and O–H groups in total. The molecular formula is C15H24N4O. The van der Waals surface area contributed by atoms with Crippen molar-refractivity contribution in [2.45, 2.75) is 19.4 Å². The Morgan fingerprint density at radius 3 is 3.15 bits per heavy atom. The standard InChI is InChI=1S/C15H24N4O/c1-3-12-5-4-6-13(9-12)18-15(16)17-10-14-11-19(2)7-8-20-14/h4-6,9,14H,3,7-8,10-11H2,1-2H3,(H3,16,17,18). The first-order chi connectivity index (χ1) is 9.67. The number of likely N-dealkylation sites (N-methyl/N-ethyl adjacent to an activating group) is 1. The number of rotatable bonds is 4. The molecular weight excluding hydrogens is 252 g/mol. The Balaban J connectivity index is 1.86. The Labute approximate surface area is 120 Å². The van der Waals surface area contributed by atoms with Crippen molar-refractivity contribution in [1.82, 2.24) is 4.90 Å². The van der Waals surface area contributed by atoms with Gasteiger partial charge in [-0.25, -0.2) is 0 Å². The maximum absolute atomic E-state index is 5.92. The molecule has 0 aliphatic carbocycles. The number of anilines is 1. The van der Waals surface area contributed by atoms with Crippen molar-refractivity contribution in [3.05, 3.63) is 29.8 Å². The maximum atomic E-state index is 5.92. The summed E-state index contributed by atoms with van der Waals surface area (Å²) >= 11 is 0. The van der Waals surface area contributed by atoms with E-state index in [1.165, 1.54) is 5.56 Å². The molecule has 2 rings (SSSR count). The van der Waals surface area contributed by atoms with Gasteiger partial charge in [-0.1, -0.05) is 19.1 Å². The molecule has 0 amide bonds. The number of nitrogens with zero attached hydrogens (tertiary/aromatic N) is 2. The second-order valence-electron chi connectivity index (χ2n) is 5.16. The average Bonchev–Trinajstić information content (AvgIpc) is 2.45. The molecule has 1 heterocycles. The van der Waals surface area contributed by atoms with Gasteiger partial charge in [-0.3, -0.25) is 4.99 Å². The monoisotopic (exact) mass is 276 g/mol. The zero-order valence-electron chi connectivity index (χ0n) is 12.3. The molecule has 0 saturated carbocycles.